The van der Waals surface area contributed by atoms with Crippen LogP contribution in [0.3, 0.4) is 0 Å². The molecule has 5 nitrogen and oxygen atoms in total. The molecule has 0 atom stereocenters. The first-order valence-electron chi connectivity index (χ1n) is 12.2. The third kappa shape index (κ3) is 7.04. The van der Waals surface area contributed by atoms with Crippen molar-refractivity contribution >= 4 is 11.8 Å². The van der Waals surface area contributed by atoms with E-state index >= 15 is 0 Å². The lowest BCUT2D eigenvalue weighted by molar-refractivity contribution is 0.219. The normalized spacial score (nSPS) is 14.5. The summed E-state index contributed by atoms with van der Waals surface area (Å²) in [4.78, 5) is 4.97. The molecule has 1 aliphatic heterocycles. The van der Waals surface area contributed by atoms with Gasteiger partial charge in [-0.3, -0.25) is 0 Å². The highest BCUT2D eigenvalue weighted by Crippen LogP contribution is 2.40. The smallest absolute Gasteiger partial charge is 0.203 e. The lowest BCUT2D eigenvalue weighted by Gasteiger charge is -2.31. The molecule has 184 valence electrons. The minimum Gasteiger partial charge on any atom is -0.493 e. The van der Waals surface area contributed by atoms with Crippen LogP contribution in [0.1, 0.15) is 43.7 Å². The second-order valence-corrected chi connectivity index (χ2v) is 8.94. The average Bonchev–Trinajstić information content (AvgIpc) is 2.87. The van der Waals surface area contributed by atoms with Crippen molar-refractivity contribution in [3.8, 4) is 17.2 Å². The highest BCUT2D eigenvalue weighted by atomic mass is 16.5. The zero-order chi connectivity index (χ0) is 24.3. The van der Waals surface area contributed by atoms with E-state index in [1.807, 2.05) is 18.2 Å². The van der Waals surface area contributed by atoms with E-state index in [0.29, 0.717) is 17.2 Å². The number of hydrogen-bond acceptors (Lipinski definition) is 5. The molecule has 0 aromatic heterocycles. The van der Waals surface area contributed by atoms with Crippen molar-refractivity contribution in [2.75, 3.05) is 54.1 Å². The third-order valence-corrected chi connectivity index (χ3v) is 6.38. The molecule has 0 radical (unpaired) electrons. The van der Waals surface area contributed by atoms with Gasteiger partial charge in [0.1, 0.15) is 0 Å². The van der Waals surface area contributed by atoms with Gasteiger partial charge >= 0.3 is 0 Å². The maximum absolute atomic E-state index is 5.59. The first kappa shape index (κ1) is 25.7. The van der Waals surface area contributed by atoms with E-state index in [1.54, 1.807) is 21.3 Å². The maximum atomic E-state index is 5.59. The molecule has 1 aliphatic rings. The first-order chi connectivity index (χ1) is 16.5. The van der Waals surface area contributed by atoms with Crippen LogP contribution in [0.4, 0.5) is 0 Å². The molecule has 0 saturated carbocycles. The molecule has 0 aliphatic carbocycles. The van der Waals surface area contributed by atoms with Crippen LogP contribution in [0.5, 0.6) is 17.2 Å². The highest BCUT2D eigenvalue weighted by molar-refractivity contribution is 5.69. The Labute approximate surface area is 205 Å². The van der Waals surface area contributed by atoms with E-state index in [1.165, 1.54) is 43.5 Å². The van der Waals surface area contributed by atoms with Crippen molar-refractivity contribution in [2.45, 2.75) is 32.6 Å². The second kappa shape index (κ2) is 13.1. The van der Waals surface area contributed by atoms with Crippen molar-refractivity contribution in [2.24, 2.45) is 0 Å². The van der Waals surface area contributed by atoms with Gasteiger partial charge in [0, 0.05) is 24.4 Å². The fraction of sp³-hybridized carbons (Fsp3) is 0.448. The van der Waals surface area contributed by atoms with Gasteiger partial charge in [-0.05, 0) is 63.5 Å². The molecule has 0 N–H and O–H groups in total. The fourth-order valence-electron chi connectivity index (χ4n) is 4.59. The molecule has 3 rings (SSSR count). The molecule has 0 bridgehead atoms. The molecular weight excluding hydrogens is 424 g/mol. The van der Waals surface area contributed by atoms with Gasteiger partial charge in [-0.1, -0.05) is 55.0 Å². The predicted molar refractivity (Wildman–Crippen MR) is 142 cm³/mol. The predicted octanol–water partition coefficient (Wildman–Crippen LogP) is 5.96. The molecule has 1 heterocycles. The summed E-state index contributed by atoms with van der Waals surface area (Å²) in [6.07, 6.45) is 7.35. The van der Waals surface area contributed by atoms with Crippen LogP contribution < -0.4 is 14.2 Å². The van der Waals surface area contributed by atoms with Crippen molar-refractivity contribution < 1.29 is 14.2 Å². The summed E-state index contributed by atoms with van der Waals surface area (Å²) in [5, 5.41) is 0. The van der Waals surface area contributed by atoms with Crippen molar-refractivity contribution in [3.05, 3.63) is 65.7 Å². The molecule has 2 aromatic carbocycles. The van der Waals surface area contributed by atoms with Gasteiger partial charge in [0.05, 0.1) is 21.3 Å². The summed E-state index contributed by atoms with van der Waals surface area (Å²) in [6, 6.07) is 14.4. The third-order valence-electron chi connectivity index (χ3n) is 6.38. The van der Waals surface area contributed by atoms with Gasteiger partial charge in [0.25, 0.3) is 0 Å². The summed E-state index contributed by atoms with van der Waals surface area (Å²) in [7, 11) is 4.92. The second-order valence-electron chi connectivity index (χ2n) is 8.94. The number of ether oxygens (including phenoxy) is 3. The Balaban J connectivity index is 1.81. The number of piperidine rings is 1. The van der Waals surface area contributed by atoms with Gasteiger partial charge in [-0.25, -0.2) is 0 Å². The minimum atomic E-state index is 0.596. The number of benzene rings is 2. The van der Waals surface area contributed by atoms with Crippen LogP contribution in [0.15, 0.2) is 54.6 Å². The monoisotopic (exact) mass is 464 g/mol. The fourth-order valence-corrected chi connectivity index (χ4v) is 4.59. The first-order valence-corrected chi connectivity index (χ1v) is 12.2. The van der Waals surface area contributed by atoms with Crippen LogP contribution in [-0.2, 0) is 0 Å². The van der Waals surface area contributed by atoms with Gasteiger partial charge in [-0.2, -0.15) is 0 Å². The summed E-state index contributed by atoms with van der Waals surface area (Å²) >= 11 is 0. The van der Waals surface area contributed by atoms with Gasteiger partial charge in [0.2, 0.25) is 5.75 Å². The number of methoxy groups -OCH3 is 3. The zero-order valence-corrected chi connectivity index (χ0v) is 21.3. The molecule has 1 saturated heterocycles. The van der Waals surface area contributed by atoms with Crippen LogP contribution in [0, 0.1) is 0 Å². The Morgan fingerprint density at radius 1 is 0.971 bits per heavy atom. The van der Waals surface area contributed by atoms with Crippen LogP contribution in [-0.4, -0.2) is 63.9 Å². The number of rotatable bonds is 12. The Bertz CT molecular complexity index is 924. The number of nitrogens with zero attached hydrogens (tertiary/aromatic N) is 2. The Morgan fingerprint density at radius 2 is 1.62 bits per heavy atom. The van der Waals surface area contributed by atoms with E-state index in [2.05, 4.69) is 53.6 Å². The molecule has 0 spiro atoms. The molecule has 5 heteroatoms. The highest BCUT2D eigenvalue weighted by Gasteiger charge is 2.18. The van der Waals surface area contributed by atoms with E-state index in [0.717, 1.165) is 37.3 Å². The maximum Gasteiger partial charge on any atom is 0.203 e. The minimum absolute atomic E-state index is 0.596. The molecule has 0 unspecified atom stereocenters. The average molecular weight is 465 g/mol. The Hall–Kier alpha value is -2.92. The van der Waals surface area contributed by atoms with E-state index < -0.39 is 0 Å². The molecule has 0 amide bonds. The van der Waals surface area contributed by atoms with E-state index in [-0.39, 0.29) is 0 Å². The SMILES string of the molecule is C=C(c1cc(OC)c(OC)c(OC)c1)N(CCCN1CCCCC1)C/C(C)=C/c1ccccc1. The lowest BCUT2D eigenvalue weighted by atomic mass is 10.1. The Kier molecular flexibility index (Phi) is 9.89. The zero-order valence-electron chi connectivity index (χ0n) is 21.3. The molecule has 1 fully saturated rings. The Morgan fingerprint density at radius 3 is 2.21 bits per heavy atom. The number of hydrogen-bond donors (Lipinski definition) is 0. The van der Waals surface area contributed by atoms with Crippen LogP contribution >= 0.6 is 0 Å². The van der Waals surface area contributed by atoms with Gasteiger partial charge in [-0.15, -0.1) is 0 Å². The van der Waals surface area contributed by atoms with Crippen molar-refractivity contribution in [3.63, 3.8) is 0 Å². The summed E-state index contributed by atoms with van der Waals surface area (Å²) < 4.78 is 16.7. The summed E-state index contributed by atoms with van der Waals surface area (Å²) in [5.41, 5.74) is 4.43. The summed E-state index contributed by atoms with van der Waals surface area (Å²) in [5.74, 6) is 1.88. The number of likely N-dealkylation sites (tertiary alicyclic amines) is 1. The van der Waals surface area contributed by atoms with Gasteiger partial charge < -0.3 is 24.0 Å². The largest absolute Gasteiger partial charge is 0.493 e. The van der Waals surface area contributed by atoms with Crippen LogP contribution in [0.25, 0.3) is 11.8 Å². The lowest BCUT2D eigenvalue weighted by Crippen LogP contribution is -2.33. The van der Waals surface area contributed by atoms with Crippen molar-refractivity contribution in [1.29, 1.82) is 0 Å². The topological polar surface area (TPSA) is 34.2 Å². The van der Waals surface area contributed by atoms with E-state index in [9.17, 15) is 0 Å². The molecular formula is C29H40N2O3. The molecule has 34 heavy (non-hydrogen) atoms. The van der Waals surface area contributed by atoms with Gasteiger partial charge in [0.15, 0.2) is 11.5 Å². The van der Waals surface area contributed by atoms with Crippen molar-refractivity contribution in [1.82, 2.24) is 9.80 Å². The molecule has 2 aromatic rings. The quantitative estimate of drug-likeness (QED) is 0.387. The summed E-state index contributed by atoms with van der Waals surface area (Å²) in [6.45, 7) is 12.0. The standard InChI is InChI=1S/C29H40N2O3/c1-23(19-25-13-8-6-9-14-25)22-31(18-12-17-30-15-10-7-11-16-30)24(2)26-20-27(32-3)29(34-5)28(21-26)33-4/h6,8-9,13-14,19-21H,2,7,10-12,15-18,22H2,1,3-5H3/b23-19+. The van der Waals surface area contributed by atoms with Crippen LogP contribution in [0.2, 0.25) is 0 Å². The van der Waals surface area contributed by atoms with E-state index in [4.69, 9.17) is 14.2 Å².